The summed E-state index contributed by atoms with van der Waals surface area (Å²) < 4.78 is 33.0. The summed E-state index contributed by atoms with van der Waals surface area (Å²) in [4.78, 5) is 13.2. The minimum atomic E-state index is -0.911. The van der Waals surface area contributed by atoms with Crippen LogP contribution in [-0.4, -0.2) is 19.1 Å². The van der Waals surface area contributed by atoms with E-state index in [2.05, 4.69) is 5.32 Å². The number of amides is 1. The highest BCUT2D eigenvalue weighted by Crippen LogP contribution is 2.37. The van der Waals surface area contributed by atoms with E-state index in [1.165, 1.54) is 24.3 Å². The summed E-state index contributed by atoms with van der Waals surface area (Å²) in [7, 11) is 0. The topological polar surface area (TPSA) is 38.3 Å². The van der Waals surface area contributed by atoms with Crippen LogP contribution in [0.4, 0.5) is 8.78 Å². The lowest BCUT2D eigenvalue weighted by atomic mass is 9.73. The number of carbonyl (C=O) groups excluding carboxylic acids is 1. The van der Waals surface area contributed by atoms with E-state index in [-0.39, 0.29) is 16.0 Å². The van der Waals surface area contributed by atoms with E-state index in [9.17, 15) is 13.6 Å². The summed E-state index contributed by atoms with van der Waals surface area (Å²) >= 11 is 11.9. The molecular formula is C20H19Cl2F2NO2. The maximum atomic E-state index is 13.8. The molecule has 2 aromatic rings. The lowest BCUT2D eigenvalue weighted by Gasteiger charge is -2.37. The van der Waals surface area contributed by atoms with E-state index in [4.69, 9.17) is 27.9 Å². The smallest absolute Gasteiger partial charge is 0.231 e. The average molecular weight is 414 g/mol. The van der Waals surface area contributed by atoms with Crippen molar-refractivity contribution in [3.8, 4) is 0 Å². The Balaban J connectivity index is 1.90. The highest BCUT2D eigenvalue weighted by Gasteiger charge is 2.42. The summed E-state index contributed by atoms with van der Waals surface area (Å²) in [6.07, 6.45) is 0.857. The van der Waals surface area contributed by atoms with Crippen LogP contribution in [0.15, 0.2) is 36.4 Å². The Kier molecular flexibility index (Phi) is 6.04. The molecule has 144 valence electrons. The molecule has 1 aliphatic rings. The third kappa shape index (κ3) is 4.10. The maximum absolute atomic E-state index is 13.8. The predicted molar refractivity (Wildman–Crippen MR) is 101 cm³/mol. The van der Waals surface area contributed by atoms with Crippen LogP contribution in [0.5, 0.6) is 0 Å². The van der Waals surface area contributed by atoms with Gasteiger partial charge in [-0.25, -0.2) is 8.78 Å². The van der Waals surface area contributed by atoms with E-state index in [1.54, 1.807) is 19.1 Å². The van der Waals surface area contributed by atoms with Gasteiger partial charge in [-0.15, -0.1) is 0 Å². The van der Waals surface area contributed by atoms with Crippen LogP contribution in [0.25, 0.3) is 0 Å². The molecule has 3 nitrogen and oxygen atoms in total. The van der Waals surface area contributed by atoms with Crippen LogP contribution < -0.4 is 5.32 Å². The normalized spacial score (nSPS) is 17.4. The summed E-state index contributed by atoms with van der Waals surface area (Å²) in [5, 5.41) is 3.09. The Bertz CT molecular complexity index is 854. The van der Waals surface area contributed by atoms with Gasteiger partial charge in [0.1, 0.15) is 11.6 Å². The molecule has 1 unspecified atom stereocenters. The van der Waals surface area contributed by atoms with E-state index < -0.39 is 23.1 Å². The Morgan fingerprint density at radius 2 is 1.85 bits per heavy atom. The van der Waals surface area contributed by atoms with Crippen molar-refractivity contribution < 1.29 is 18.3 Å². The lowest BCUT2D eigenvalue weighted by Crippen LogP contribution is -2.48. The molecule has 0 spiro atoms. The van der Waals surface area contributed by atoms with Gasteiger partial charge in [-0.1, -0.05) is 35.3 Å². The second-order valence-corrected chi connectivity index (χ2v) is 7.50. The van der Waals surface area contributed by atoms with Crippen molar-refractivity contribution in [2.75, 3.05) is 13.2 Å². The van der Waals surface area contributed by atoms with Crippen molar-refractivity contribution in [3.63, 3.8) is 0 Å². The molecule has 0 aromatic heterocycles. The van der Waals surface area contributed by atoms with Crippen molar-refractivity contribution in [2.45, 2.75) is 31.2 Å². The van der Waals surface area contributed by atoms with Gasteiger partial charge in [0.25, 0.3) is 0 Å². The summed E-state index contributed by atoms with van der Waals surface area (Å²) in [5.74, 6) is -1.28. The molecule has 1 fully saturated rings. The molecule has 1 N–H and O–H groups in total. The van der Waals surface area contributed by atoms with Crippen molar-refractivity contribution >= 4 is 29.1 Å². The third-order valence-corrected chi connectivity index (χ3v) is 5.63. The first-order chi connectivity index (χ1) is 12.8. The molecule has 1 aliphatic heterocycles. The SMILES string of the molecule is CC(NC(=O)C1(c2cccc(F)c2)CCOCC1)c1cc(F)c(Cl)cc1Cl. The molecule has 3 rings (SSSR count). The van der Waals surface area contributed by atoms with Crippen LogP contribution >= 0.6 is 23.2 Å². The first kappa shape index (κ1) is 20.1. The summed E-state index contributed by atoms with van der Waals surface area (Å²) in [5.41, 5.74) is 0.115. The van der Waals surface area contributed by atoms with Crippen molar-refractivity contribution in [3.05, 3.63) is 69.2 Å². The van der Waals surface area contributed by atoms with Crippen LogP contribution in [0.2, 0.25) is 10.0 Å². The molecule has 0 saturated carbocycles. The van der Waals surface area contributed by atoms with Crippen LogP contribution in [-0.2, 0) is 14.9 Å². The Labute approximate surface area is 166 Å². The summed E-state index contributed by atoms with van der Waals surface area (Å²) in [6.45, 7) is 2.51. The number of rotatable bonds is 4. The highest BCUT2D eigenvalue weighted by atomic mass is 35.5. The van der Waals surface area contributed by atoms with Gasteiger partial charge in [0.2, 0.25) is 5.91 Å². The van der Waals surface area contributed by atoms with Crippen molar-refractivity contribution in [1.82, 2.24) is 5.32 Å². The standard InChI is InChI=1S/C20H19Cl2F2NO2/c1-12(15-10-18(24)17(22)11-16(15)21)25-19(26)20(5-7-27-8-6-20)13-3-2-4-14(23)9-13/h2-4,9-12H,5-8H2,1H3,(H,25,26). The zero-order valence-corrected chi connectivity index (χ0v) is 16.2. The largest absolute Gasteiger partial charge is 0.381 e. The van der Waals surface area contributed by atoms with Gasteiger partial charge >= 0.3 is 0 Å². The van der Waals surface area contributed by atoms with Crippen LogP contribution in [0, 0.1) is 11.6 Å². The van der Waals surface area contributed by atoms with E-state index in [0.29, 0.717) is 37.2 Å². The number of hydrogen-bond donors (Lipinski definition) is 1. The van der Waals surface area contributed by atoms with Gasteiger partial charge in [0, 0.05) is 18.2 Å². The minimum Gasteiger partial charge on any atom is -0.381 e. The maximum Gasteiger partial charge on any atom is 0.231 e. The lowest BCUT2D eigenvalue weighted by molar-refractivity contribution is -0.131. The van der Waals surface area contributed by atoms with Gasteiger partial charge in [-0.05, 0) is 55.2 Å². The van der Waals surface area contributed by atoms with E-state index in [1.807, 2.05) is 0 Å². The molecular weight excluding hydrogens is 395 g/mol. The molecule has 27 heavy (non-hydrogen) atoms. The quantitative estimate of drug-likeness (QED) is 0.699. The highest BCUT2D eigenvalue weighted by molar-refractivity contribution is 6.35. The molecule has 1 heterocycles. The Morgan fingerprint density at radius 3 is 2.52 bits per heavy atom. The average Bonchev–Trinajstić information content (AvgIpc) is 2.65. The first-order valence-electron chi connectivity index (χ1n) is 8.63. The molecule has 2 aromatic carbocycles. The second kappa shape index (κ2) is 8.13. The van der Waals surface area contributed by atoms with E-state index in [0.717, 1.165) is 0 Å². The van der Waals surface area contributed by atoms with Crippen molar-refractivity contribution in [1.29, 1.82) is 0 Å². The first-order valence-corrected chi connectivity index (χ1v) is 9.38. The van der Waals surface area contributed by atoms with Crippen molar-refractivity contribution in [2.24, 2.45) is 0 Å². The number of nitrogens with one attached hydrogen (secondary N) is 1. The number of ether oxygens (including phenoxy) is 1. The minimum absolute atomic E-state index is 0.0806. The van der Waals surface area contributed by atoms with Gasteiger partial charge < -0.3 is 10.1 Å². The molecule has 1 atom stereocenters. The van der Waals surface area contributed by atoms with Crippen LogP contribution in [0.3, 0.4) is 0 Å². The van der Waals surface area contributed by atoms with Gasteiger partial charge in [0.05, 0.1) is 16.5 Å². The van der Waals surface area contributed by atoms with Gasteiger partial charge in [0.15, 0.2) is 0 Å². The fourth-order valence-electron chi connectivity index (χ4n) is 3.44. The number of benzene rings is 2. The van der Waals surface area contributed by atoms with E-state index >= 15 is 0 Å². The number of carbonyl (C=O) groups is 1. The molecule has 7 heteroatoms. The molecule has 1 amide bonds. The molecule has 0 bridgehead atoms. The zero-order chi connectivity index (χ0) is 19.6. The monoisotopic (exact) mass is 413 g/mol. The van der Waals surface area contributed by atoms with Gasteiger partial charge in [-0.2, -0.15) is 0 Å². The Morgan fingerprint density at radius 1 is 1.15 bits per heavy atom. The summed E-state index contributed by atoms with van der Waals surface area (Å²) in [6, 6.07) is 8.03. The predicted octanol–water partition coefficient (Wildman–Crippen LogP) is 5.20. The molecule has 0 aliphatic carbocycles. The molecule has 0 radical (unpaired) electrons. The third-order valence-electron chi connectivity index (χ3n) is 5.01. The fourth-order valence-corrected chi connectivity index (χ4v) is 3.98. The van der Waals surface area contributed by atoms with Gasteiger partial charge in [-0.3, -0.25) is 4.79 Å². The fraction of sp³-hybridized carbons (Fsp3) is 0.350. The Hall–Kier alpha value is -1.69. The number of hydrogen-bond acceptors (Lipinski definition) is 2. The molecule has 1 saturated heterocycles. The zero-order valence-electron chi connectivity index (χ0n) is 14.7. The number of halogens is 4. The second-order valence-electron chi connectivity index (χ2n) is 6.69. The van der Waals surface area contributed by atoms with Crippen LogP contribution in [0.1, 0.15) is 36.9 Å².